The maximum atomic E-state index is 13.5. The molecule has 1 amide bonds. The summed E-state index contributed by atoms with van der Waals surface area (Å²) in [5.41, 5.74) is 2.74. The van der Waals surface area contributed by atoms with Crippen LogP contribution in [0.2, 0.25) is 5.02 Å². The molecular formula is C21H22ClFN4OS. The van der Waals surface area contributed by atoms with Crippen LogP contribution in [0.1, 0.15) is 26.5 Å². The highest BCUT2D eigenvalue weighted by Crippen LogP contribution is 2.38. The number of aryl methyl sites for hydroxylation is 2. The van der Waals surface area contributed by atoms with Crippen LogP contribution in [0.3, 0.4) is 0 Å². The summed E-state index contributed by atoms with van der Waals surface area (Å²) < 4.78 is 15.4. The Bertz CT molecular complexity index is 1030. The number of benzene rings is 1. The third-order valence-corrected chi connectivity index (χ3v) is 6.48. The van der Waals surface area contributed by atoms with Gasteiger partial charge in [0, 0.05) is 29.6 Å². The second-order valence-corrected chi connectivity index (χ2v) is 8.72. The SMILES string of the molecule is CNCC(Cc1cccc(F)c1)NC(=O)c1cc2c(s1)CCCn1ncc(Cl)c1-2. The predicted molar refractivity (Wildman–Crippen MR) is 114 cm³/mol. The van der Waals surface area contributed by atoms with Gasteiger partial charge < -0.3 is 10.6 Å². The van der Waals surface area contributed by atoms with Gasteiger partial charge in [0.05, 0.1) is 21.8 Å². The number of fused-ring (bicyclic) bond motifs is 3. The van der Waals surface area contributed by atoms with Gasteiger partial charge in [0.1, 0.15) is 5.82 Å². The molecule has 1 atom stereocenters. The highest BCUT2D eigenvalue weighted by Gasteiger charge is 2.24. The summed E-state index contributed by atoms with van der Waals surface area (Å²) in [6.07, 6.45) is 4.07. The Morgan fingerprint density at radius 3 is 3.07 bits per heavy atom. The Morgan fingerprint density at radius 2 is 2.28 bits per heavy atom. The van der Waals surface area contributed by atoms with Crippen molar-refractivity contribution in [2.24, 2.45) is 0 Å². The van der Waals surface area contributed by atoms with E-state index in [2.05, 4.69) is 15.7 Å². The summed E-state index contributed by atoms with van der Waals surface area (Å²) in [7, 11) is 1.83. The number of nitrogens with one attached hydrogen (secondary N) is 2. The standard InChI is InChI=1S/C21H22ClFN4OS/c1-24-11-15(9-13-4-2-5-14(23)8-13)26-21(28)19-10-16-18(29-19)6-3-7-27-20(16)17(22)12-25-27/h2,4-5,8,10,12,15,24H,3,6-7,9,11H2,1H3,(H,26,28). The van der Waals surface area contributed by atoms with Crippen molar-refractivity contribution in [3.8, 4) is 11.3 Å². The number of likely N-dealkylation sites (N-methyl/N-ethyl adjacent to an activating group) is 1. The quantitative estimate of drug-likeness (QED) is 0.620. The van der Waals surface area contributed by atoms with Crippen LogP contribution in [-0.4, -0.2) is 35.3 Å². The Labute approximate surface area is 177 Å². The number of carbonyl (C=O) groups is 1. The lowest BCUT2D eigenvalue weighted by Crippen LogP contribution is -2.42. The van der Waals surface area contributed by atoms with Crippen molar-refractivity contribution in [1.82, 2.24) is 20.4 Å². The van der Waals surface area contributed by atoms with E-state index in [1.807, 2.05) is 23.9 Å². The molecule has 1 aromatic carbocycles. The van der Waals surface area contributed by atoms with Gasteiger partial charge in [-0.15, -0.1) is 11.3 Å². The number of nitrogens with zero attached hydrogens (tertiary/aromatic N) is 2. The second kappa shape index (κ2) is 8.65. The zero-order chi connectivity index (χ0) is 20.4. The molecule has 0 spiro atoms. The topological polar surface area (TPSA) is 58.9 Å². The fraction of sp³-hybridized carbons (Fsp3) is 0.333. The number of aromatic nitrogens is 2. The molecule has 8 heteroatoms. The number of rotatable bonds is 6. The van der Waals surface area contributed by atoms with E-state index in [9.17, 15) is 9.18 Å². The van der Waals surface area contributed by atoms with Crippen molar-refractivity contribution in [3.63, 3.8) is 0 Å². The van der Waals surface area contributed by atoms with E-state index in [1.165, 1.54) is 23.5 Å². The van der Waals surface area contributed by atoms with Gasteiger partial charge in [0.15, 0.2) is 0 Å². The molecule has 1 aliphatic heterocycles. The molecular weight excluding hydrogens is 411 g/mol. The molecule has 1 aliphatic rings. The van der Waals surface area contributed by atoms with Gasteiger partial charge in [-0.1, -0.05) is 23.7 Å². The highest BCUT2D eigenvalue weighted by atomic mass is 35.5. The minimum absolute atomic E-state index is 0.123. The van der Waals surface area contributed by atoms with Crippen LogP contribution in [0.4, 0.5) is 4.39 Å². The van der Waals surface area contributed by atoms with Gasteiger partial charge in [-0.25, -0.2) is 4.39 Å². The molecule has 0 bridgehead atoms. The molecule has 0 radical (unpaired) electrons. The van der Waals surface area contributed by atoms with Crippen LogP contribution in [0.15, 0.2) is 36.5 Å². The third-order valence-electron chi connectivity index (χ3n) is 5.01. The average Bonchev–Trinajstić information content (AvgIpc) is 3.21. The Balaban J connectivity index is 1.55. The lowest BCUT2D eigenvalue weighted by Gasteiger charge is -2.18. The summed E-state index contributed by atoms with van der Waals surface area (Å²) in [5, 5.41) is 11.1. The van der Waals surface area contributed by atoms with Gasteiger partial charge in [-0.05, 0) is 50.1 Å². The molecule has 29 heavy (non-hydrogen) atoms. The zero-order valence-electron chi connectivity index (χ0n) is 16.0. The largest absolute Gasteiger partial charge is 0.347 e. The highest BCUT2D eigenvalue weighted by molar-refractivity contribution is 7.14. The number of carbonyl (C=O) groups excluding carboxylic acids is 1. The van der Waals surface area contributed by atoms with Crippen LogP contribution in [0.25, 0.3) is 11.3 Å². The van der Waals surface area contributed by atoms with Crippen molar-refractivity contribution in [2.75, 3.05) is 13.6 Å². The van der Waals surface area contributed by atoms with Crippen LogP contribution < -0.4 is 10.6 Å². The van der Waals surface area contributed by atoms with Crippen LogP contribution >= 0.6 is 22.9 Å². The van der Waals surface area contributed by atoms with Gasteiger partial charge in [0.2, 0.25) is 0 Å². The normalized spacial score (nSPS) is 14.0. The summed E-state index contributed by atoms with van der Waals surface area (Å²) in [5.74, 6) is -0.394. The minimum atomic E-state index is -0.271. The molecule has 1 unspecified atom stereocenters. The molecule has 0 saturated carbocycles. The number of hydrogen-bond donors (Lipinski definition) is 2. The molecule has 4 rings (SSSR count). The summed E-state index contributed by atoms with van der Waals surface area (Å²) in [4.78, 5) is 14.8. The number of thiophene rings is 1. The van der Waals surface area contributed by atoms with E-state index in [4.69, 9.17) is 11.6 Å². The first-order chi connectivity index (χ1) is 14.0. The van der Waals surface area contributed by atoms with E-state index in [-0.39, 0.29) is 17.8 Å². The first-order valence-corrected chi connectivity index (χ1v) is 10.8. The molecule has 0 fully saturated rings. The Morgan fingerprint density at radius 1 is 1.41 bits per heavy atom. The summed E-state index contributed by atoms with van der Waals surface area (Å²) in [6.45, 7) is 1.41. The van der Waals surface area contributed by atoms with E-state index in [1.54, 1.807) is 12.3 Å². The average molecular weight is 433 g/mol. The van der Waals surface area contributed by atoms with E-state index in [0.717, 1.165) is 41.1 Å². The maximum absolute atomic E-state index is 13.5. The zero-order valence-corrected chi connectivity index (χ0v) is 17.6. The Kier molecular flexibility index (Phi) is 5.99. The van der Waals surface area contributed by atoms with Crippen molar-refractivity contribution in [1.29, 1.82) is 0 Å². The Hall–Kier alpha value is -2.22. The fourth-order valence-corrected chi connectivity index (χ4v) is 5.09. The molecule has 2 N–H and O–H groups in total. The van der Waals surface area contributed by atoms with Crippen molar-refractivity contribution in [3.05, 3.63) is 62.7 Å². The van der Waals surface area contributed by atoms with Crippen molar-refractivity contribution < 1.29 is 9.18 Å². The molecule has 3 heterocycles. The van der Waals surface area contributed by atoms with Crippen LogP contribution in [-0.2, 0) is 19.4 Å². The number of halogens is 2. The lowest BCUT2D eigenvalue weighted by atomic mass is 10.1. The molecule has 2 aromatic heterocycles. The van der Waals surface area contributed by atoms with Crippen LogP contribution in [0.5, 0.6) is 0 Å². The van der Waals surface area contributed by atoms with Gasteiger partial charge in [-0.3, -0.25) is 9.48 Å². The molecule has 152 valence electrons. The predicted octanol–water partition coefficient (Wildman–Crippen LogP) is 3.91. The molecule has 0 saturated heterocycles. The first kappa shape index (κ1) is 20.1. The smallest absolute Gasteiger partial charge is 0.261 e. The van der Waals surface area contributed by atoms with Gasteiger partial charge in [-0.2, -0.15) is 5.10 Å². The molecule has 3 aromatic rings. The third kappa shape index (κ3) is 4.37. The number of amides is 1. The summed E-state index contributed by atoms with van der Waals surface area (Å²) in [6, 6.07) is 8.25. The fourth-order valence-electron chi connectivity index (χ4n) is 3.74. The minimum Gasteiger partial charge on any atom is -0.347 e. The lowest BCUT2D eigenvalue weighted by molar-refractivity contribution is 0.0941. The second-order valence-electron chi connectivity index (χ2n) is 7.18. The first-order valence-electron chi connectivity index (χ1n) is 9.59. The van der Waals surface area contributed by atoms with E-state index < -0.39 is 0 Å². The van der Waals surface area contributed by atoms with Crippen molar-refractivity contribution in [2.45, 2.75) is 31.8 Å². The molecule has 5 nitrogen and oxygen atoms in total. The van der Waals surface area contributed by atoms with Crippen LogP contribution in [0, 0.1) is 5.82 Å². The summed E-state index contributed by atoms with van der Waals surface area (Å²) >= 11 is 7.87. The maximum Gasteiger partial charge on any atom is 0.261 e. The number of hydrogen-bond acceptors (Lipinski definition) is 4. The van der Waals surface area contributed by atoms with Gasteiger partial charge in [0.25, 0.3) is 5.91 Å². The van der Waals surface area contributed by atoms with Crippen molar-refractivity contribution >= 4 is 28.8 Å². The van der Waals surface area contributed by atoms with E-state index in [0.29, 0.717) is 22.9 Å². The molecule has 0 aliphatic carbocycles. The van der Waals surface area contributed by atoms with E-state index >= 15 is 0 Å². The monoisotopic (exact) mass is 432 g/mol. The van der Waals surface area contributed by atoms with Gasteiger partial charge >= 0.3 is 0 Å².